The van der Waals surface area contributed by atoms with Gasteiger partial charge < -0.3 is 19.3 Å². The molecule has 324 valence electrons. The van der Waals surface area contributed by atoms with Crippen molar-refractivity contribution in [3.05, 3.63) is 24.3 Å². The molecule has 0 aliphatic heterocycles. The minimum absolute atomic E-state index is 0.210. The fraction of sp³-hybridized carbons (Fsp3) is 0.870. The van der Waals surface area contributed by atoms with E-state index >= 15 is 0 Å². The molecule has 0 unspecified atom stereocenters. The molecule has 9 heteroatoms. The predicted octanol–water partition coefficient (Wildman–Crippen LogP) is 14.4. The van der Waals surface area contributed by atoms with Gasteiger partial charge in [0, 0.05) is 12.8 Å². The van der Waals surface area contributed by atoms with E-state index in [2.05, 4.69) is 42.7 Å². The largest absolute Gasteiger partial charge is 0.469 e. The van der Waals surface area contributed by atoms with Gasteiger partial charge in [0.1, 0.15) is 6.61 Å². The van der Waals surface area contributed by atoms with Gasteiger partial charge in [-0.2, -0.15) is 0 Å². The third-order valence-corrected chi connectivity index (χ3v) is 10.7. The fourth-order valence-electron chi connectivity index (χ4n) is 6.76. The maximum absolute atomic E-state index is 12.4. The zero-order valence-corrected chi connectivity index (χ0v) is 36.7. The van der Waals surface area contributed by atoms with Crippen LogP contribution in [-0.2, 0) is 28.2 Å². The van der Waals surface area contributed by atoms with Gasteiger partial charge in [-0.3, -0.25) is 14.1 Å². The number of unbranched alkanes of at least 4 members (excludes halogenated alkanes) is 29. The fourth-order valence-corrected chi connectivity index (χ4v) is 7.12. The van der Waals surface area contributed by atoms with Crippen LogP contribution in [-0.4, -0.2) is 41.0 Å². The van der Waals surface area contributed by atoms with E-state index in [1.807, 2.05) is 0 Å². The van der Waals surface area contributed by atoms with E-state index in [0.29, 0.717) is 6.42 Å². The van der Waals surface area contributed by atoms with Gasteiger partial charge in [0.25, 0.3) is 0 Å². The second kappa shape index (κ2) is 42.1. The second-order valence-corrected chi connectivity index (χ2v) is 17.0. The van der Waals surface area contributed by atoms with Gasteiger partial charge in [-0.05, 0) is 44.9 Å². The molecule has 0 bridgehead atoms. The Morgan fingerprint density at radius 3 is 1.24 bits per heavy atom. The number of phosphoric ester groups is 1. The molecule has 0 radical (unpaired) electrons. The van der Waals surface area contributed by atoms with Crippen molar-refractivity contribution in [2.24, 2.45) is 0 Å². The minimum Gasteiger partial charge on any atom is -0.462 e. The van der Waals surface area contributed by atoms with Crippen molar-refractivity contribution < 1.29 is 37.9 Å². The van der Waals surface area contributed by atoms with Crippen LogP contribution in [0.4, 0.5) is 0 Å². The van der Waals surface area contributed by atoms with Gasteiger partial charge >= 0.3 is 19.8 Å². The summed E-state index contributed by atoms with van der Waals surface area (Å²) in [6, 6.07) is 0. The number of hydrogen-bond acceptors (Lipinski definition) is 6. The molecule has 55 heavy (non-hydrogen) atoms. The highest BCUT2D eigenvalue weighted by molar-refractivity contribution is 7.46. The van der Waals surface area contributed by atoms with Crippen LogP contribution in [0.1, 0.15) is 239 Å². The molecule has 0 aromatic rings. The van der Waals surface area contributed by atoms with Crippen LogP contribution in [0.25, 0.3) is 0 Å². The first-order valence-electron chi connectivity index (χ1n) is 23.1. The summed E-state index contributed by atoms with van der Waals surface area (Å²) in [6.07, 6.45) is 49.0. The van der Waals surface area contributed by atoms with Crippen molar-refractivity contribution in [1.82, 2.24) is 0 Å². The Labute approximate surface area is 339 Å². The van der Waals surface area contributed by atoms with E-state index < -0.39 is 32.5 Å². The molecule has 0 fully saturated rings. The van der Waals surface area contributed by atoms with Gasteiger partial charge in [-0.25, -0.2) is 4.57 Å². The summed E-state index contributed by atoms with van der Waals surface area (Å²) in [5, 5.41) is 0. The Bertz CT molecular complexity index is 946. The van der Waals surface area contributed by atoms with E-state index in [4.69, 9.17) is 19.3 Å². The maximum Gasteiger partial charge on any atom is 0.469 e. The summed E-state index contributed by atoms with van der Waals surface area (Å²) in [6.45, 7) is 3.69. The third-order valence-electron chi connectivity index (χ3n) is 10.2. The standard InChI is InChI=1S/C46H87O8P/c1-3-5-7-9-11-13-15-17-19-21-23-25-27-29-31-33-35-37-39-41-46(48)54-44(43-53-55(49,50)51)42-52-45(47)40-38-36-34-32-30-28-26-24-22-20-18-16-14-12-10-8-6-4-2/h11,13,17,19,44H,3-10,12,14-16,18,20-43H2,1-2H3,(H2,49,50,51)/b13-11+,19-17+/t44-/m1/s1. The van der Waals surface area contributed by atoms with Crippen molar-refractivity contribution in [2.45, 2.75) is 245 Å². The maximum atomic E-state index is 12.4. The molecular weight excluding hydrogens is 711 g/mol. The van der Waals surface area contributed by atoms with Crippen molar-refractivity contribution in [3.63, 3.8) is 0 Å². The molecule has 1 atom stereocenters. The van der Waals surface area contributed by atoms with Gasteiger partial charge in [0.2, 0.25) is 0 Å². The Kier molecular flexibility index (Phi) is 41.0. The molecule has 0 aromatic carbocycles. The van der Waals surface area contributed by atoms with Crippen LogP contribution in [0, 0.1) is 0 Å². The lowest BCUT2D eigenvalue weighted by molar-refractivity contribution is -0.161. The lowest BCUT2D eigenvalue weighted by Gasteiger charge is -2.18. The summed E-state index contributed by atoms with van der Waals surface area (Å²) in [5.41, 5.74) is 0. The highest BCUT2D eigenvalue weighted by Gasteiger charge is 2.23. The SMILES string of the molecule is CCCCC/C=C/C/C=C/CCCCCCCCCCCC(=O)O[C@H](COC(=O)CCCCCCCCCCCCCCCCCCCC)COP(=O)(O)O. The number of carbonyl (C=O) groups is 2. The molecule has 2 N–H and O–H groups in total. The van der Waals surface area contributed by atoms with Crippen LogP contribution in [0.2, 0.25) is 0 Å². The third kappa shape index (κ3) is 45.1. The number of ether oxygens (including phenoxy) is 2. The normalized spacial score (nSPS) is 12.6. The summed E-state index contributed by atoms with van der Waals surface area (Å²) >= 11 is 0. The number of allylic oxidation sites excluding steroid dienone is 4. The van der Waals surface area contributed by atoms with Crippen LogP contribution < -0.4 is 0 Å². The van der Waals surface area contributed by atoms with Gasteiger partial charge in [0.05, 0.1) is 6.61 Å². The first-order chi connectivity index (χ1) is 26.8. The number of hydrogen-bond donors (Lipinski definition) is 2. The number of carbonyl (C=O) groups excluding carboxylic acids is 2. The molecule has 0 amide bonds. The molecular formula is C46H87O8P. The van der Waals surface area contributed by atoms with Crippen molar-refractivity contribution in [1.29, 1.82) is 0 Å². The van der Waals surface area contributed by atoms with Gasteiger partial charge in [0.15, 0.2) is 6.10 Å². The Morgan fingerprint density at radius 2 is 0.818 bits per heavy atom. The summed E-state index contributed by atoms with van der Waals surface area (Å²) < 4.78 is 26.5. The highest BCUT2D eigenvalue weighted by Crippen LogP contribution is 2.36. The predicted molar refractivity (Wildman–Crippen MR) is 230 cm³/mol. The average Bonchev–Trinajstić information content (AvgIpc) is 3.16. The Hall–Kier alpha value is -1.47. The quantitative estimate of drug-likeness (QED) is 0.0271. The van der Waals surface area contributed by atoms with Crippen LogP contribution in [0.15, 0.2) is 24.3 Å². The molecule has 0 spiro atoms. The summed E-state index contributed by atoms with van der Waals surface area (Å²) in [5.74, 6) is -0.877. The lowest BCUT2D eigenvalue weighted by atomic mass is 10.0. The zero-order chi connectivity index (χ0) is 40.3. The van der Waals surface area contributed by atoms with E-state index in [9.17, 15) is 14.2 Å². The van der Waals surface area contributed by atoms with Gasteiger partial charge in [-0.15, -0.1) is 0 Å². The highest BCUT2D eigenvalue weighted by atomic mass is 31.2. The minimum atomic E-state index is -4.75. The molecule has 0 aliphatic carbocycles. The van der Waals surface area contributed by atoms with Crippen molar-refractivity contribution in [3.8, 4) is 0 Å². The summed E-state index contributed by atoms with van der Waals surface area (Å²) in [7, 11) is -4.75. The first kappa shape index (κ1) is 53.5. The Morgan fingerprint density at radius 1 is 0.473 bits per heavy atom. The molecule has 0 rings (SSSR count). The zero-order valence-electron chi connectivity index (χ0n) is 35.8. The Balaban J connectivity index is 3.84. The smallest absolute Gasteiger partial charge is 0.462 e. The second-order valence-electron chi connectivity index (χ2n) is 15.7. The van der Waals surface area contributed by atoms with Crippen LogP contribution in [0.5, 0.6) is 0 Å². The lowest BCUT2D eigenvalue weighted by Crippen LogP contribution is -2.29. The molecule has 0 saturated carbocycles. The van der Waals surface area contributed by atoms with Crippen molar-refractivity contribution in [2.75, 3.05) is 13.2 Å². The first-order valence-corrected chi connectivity index (χ1v) is 24.7. The molecule has 0 heterocycles. The van der Waals surface area contributed by atoms with E-state index in [0.717, 1.165) is 51.4 Å². The van der Waals surface area contributed by atoms with Crippen molar-refractivity contribution >= 4 is 19.8 Å². The van der Waals surface area contributed by atoms with E-state index in [1.54, 1.807) is 0 Å². The number of esters is 2. The van der Waals surface area contributed by atoms with E-state index in [1.165, 1.54) is 154 Å². The molecule has 8 nitrogen and oxygen atoms in total. The number of phosphoric acid groups is 1. The molecule has 0 aromatic heterocycles. The molecule has 0 aliphatic rings. The average molecular weight is 799 g/mol. The topological polar surface area (TPSA) is 119 Å². The van der Waals surface area contributed by atoms with E-state index in [-0.39, 0.29) is 19.4 Å². The van der Waals surface area contributed by atoms with Crippen LogP contribution in [0.3, 0.4) is 0 Å². The monoisotopic (exact) mass is 799 g/mol. The van der Waals surface area contributed by atoms with Crippen LogP contribution >= 0.6 is 7.82 Å². The molecule has 0 saturated heterocycles. The summed E-state index contributed by atoms with van der Waals surface area (Å²) in [4.78, 5) is 43.0. The van der Waals surface area contributed by atoms with Gasteiger partial charge in [-0.1, -0.05) is 205 Å². The number of rotatable bonds is 43.